The van der Waals surface area contributed by atoms with E-state index < -0.39 is 28.7 Å². The first-order valence-electron chi connectivity index (χ1n) is 13.1. The highest BCUT2D eigenvalue weighted by atomic mass is 32.1. The highest BCUT2D eigenvalue weighted by Crippen LogP contribution is 2.40. The van der Waals surface area contributed by atoms with E-state index in [-0.39, 0.29) is 17.1 Å². The van der Waals surface area contributed by atoms with E-state index in [2.05, 4.69) is 6.92 Å². The van der Waals surface area contributed by atoms with Crippen LogP contribution in [0.3, 0.4) is 0 Å². The number of halogens is 3. The number of rotatable bonds is 8. The van der Waals surface area contributed by atoms with Gasteiger partial charge in [-0.05, 0) is 106 Å². The molecule has 10 heteroatoms. The van der Waals surface area contributed by atoms with Crippen LogP contribution in [0.4, 0.5) is 24.5 Å². The zero-order valence-corrected chi connectivity index (χ0v) is 23.1. The van der Waals surface area contributed by atoms with Crippen LogP contribution in [-0.2, 0) is 33.3 Å². The summed E-state index contributed by atoms with van der Waals surface area (Å²) in [5.41, 5.74) is 0.181. The summed E-state index contributed by atoms with van der Waals surface area (Å²) in [6, 6.07) is 10.7. The van der Waals surface area contributed by atoms with Gasteiger partial charge in [0, 0.05) is 12.3 Å². The van der Waals surface area contributed by atoms with Crippen molar-refractivity contribution in [2.45, 2.75) is 77.3 Å². The first-order valence-corrected chi connectivity index (χ1v) is 13.5. The van der Waals surface area contributed by atoms with Crippen LogP contribution in [0.25, 0.3) is 0 Å². The van der Waals surface area contributed by atoms with Crippen LogP contribution in [0.15, 0.2) is 36.4 Å². The SMILES string of the molecule is CCc1cc(N2C(=S)N(c3ccc(C#N)c(C(F)(F)F)c3)C(=O)C2(C)C)ccc1CCCOC1CCCCO1. The van der Waals surface area contributed by atoms with Crippen LogP contribution in [0, 0.1) is 11.3 Å². The Morgan fingerprint density at radius 3 is 2.54 bits per heavy atom. The Morgan fingerprint density at radius 2 is 1.90 bits per heavy atom. The zero-order chi connectivity index (χ0) is 28.4. The van der Waals surface area contributed by atoms with Crippen LogP contribution in [0.2, 0.25) is 0 Å². The Hall–Kier alpha value is -3.00. The third-order valence-electron chi connectivity index (χ3n) is 7.22. The fraction of sp³-hybridized carbons (Fsp3) is 0.483. The molecule has 1 amide bonds. The van der Waals surface area contributed by atoms with Gasteiger partial charge >= 0.3 is 6.18 Å². The third kappa shape index (κ3) is 5.96. The van der Waals surface area contributed by atoms with E-state index in [0.717, 1.165) is 67.7 Å². The molecule has 0 saturated carbocycles. The van der Waals surface area contributed by atoms with E-state index in [9.17, 15) is 18.0 Å². The lowest BCUT2D eigenvalue weighted by Gasteiger charge is -2.30. The number of hydrogen-bond acceptors (Lipinski definition) is 5. The predicted octanol–water partition coefficient (Wildman–Crippen LogP) is 6.53. The number of amides is 1. The van der Waals surface area contributed by atoms with Crippen molar-refractivity contribution < 1.29 is 27.4 Å². The number of hydrogen-bond donors (Lipinski definition) is 0. The summed E-state index contributed by atoms with van der Waals surface area (Å²) in [5.74, 6) is -0.450. The van der Waals surface area contributed by atoms with Gasteiger partial charge < -0.3 is 14.4 Å². The standard InChI is InChI=1S/C29H32F3N3O3S/c1-4-19-16-23(13-10-20(19)8-7-15-38-25-9-5-6-14-37-25)35-27(39)34(26(36)28(35,2)3)22-12-11-21(18-33)24(17-22)29(30,31)32/h10-13,16-17,25H,4-9,14-15H2,1-3H3. The minimum absolute atomic E-state index is 0.0267. The maximum Gasteiger partial charge on any atom is 0.417 e. The molecule has 0 N–H and O–H groups in total. The van der Waals surface area contributed by atoms with Crippen LogP contribution in [-0.4, -0.2) is 36.1 Å². The highest BCUT2D eigenvalue weighted by molar-refractivity contribution is 7.81. The second-order valence-corrected chi connectivity index (χ2v) is 10.6. The van der Waals surface area contributed by atoms with Crippen LogP contribution in [0.1, 0.15) is 68.7 Å². The number of benzene rings is 2. The number of nitriles is 1. The van der Waals surface area contributed by atoms with E-state index in [4.69, 9.17) is 27.0 Å². The van der Waals surface area contributed by atoms with Crippen LogP contribution >= 0.6 is 12.2 Å². The molecule has 0 radical (unpaired) electrons. The lowest BCUT2D eigenvalue weighted by atomic mass is 9.98. The third-order valence-corrected chi connectivity index (χ3v) is 7.58. The van der Waals surface area contributed by atoms with Crippen molar-refractivity contribution in [3.8, 4) is 6.07 Å². The monoisotopic (exact) mass is 559 g/mol. The van der Waals surface area contributed by atoms with E-state index in [1.807, 2.05) is 18.2 Å². The largest absolute Gasteiger partial charge is 0.417 e. The summed E-state index contributed by atoms with van der Waals surface area (Å²) in [7, 11) is 0. The van der Waals surface area contributed by atoms with Gasteiger partial charge in [-0.1, -0.05) is 13.0 Å². The molecule has 6 nitrogen and oxygen atoms in total. The van der Waals surface area contributed by atoms with Gasteiger partial charge in [0.05, 0.1) is 29.5 Å². The number of nitrogens with zero attached hydrogens (tertiary/aromatic N) is 3. The number of aryl methyl sites for hydroxylation is 2. The van der Waals surface area contributed by atoms with Crippen LogP contribution < -0.4 is 9.80 Å². The Labute approximate surface area is 232 Å². The Morgan fingerprint density at radius 1 is 1.15 bits per heavy atom. The van der Waals surface area contributed by atoms with E-state index in [1.165, 1.54) is 11.6 Å². The molecule has 0 aliphatic carbocycles. The van der Waals surface area contributed by atoms with E-state index in [1.54, 1.807) is 24.8 Å². The summed E-state index contributed by atoms with van der Waals surface area (Å²) >= 11 is 5.67. The molecule has 0 spiro atoms. The van der Waals surface area contributed by atoms with Crippen molar-refractivity contribution in [2.75, 3.05) is 23.0 Å². The number of thiocarbonyl (C=S) groups is 1. The summed E-state index contributed by atoms with van der Waals surface area (Å²) < 4.78 is 52.3. The smallest absolute Gasteiger partial charge is 0.353 e. The van der Waals surface area contributed by atoms with Crippen molar-refractivity contribution in [3.63, 3.8) is 0 Å². The lowest BCUT2D eigenvalue weighted by Crippen LogP contribution is -2.44. The van der Waals surface area contributed by atoms with Crippen molar-refractivity contribution in [2.24, 2.45) is 0 Å². The topological polar surface area (TPSA) is 65.8 Å². The Balaban J connectivity index is 1.55. The van der Waals surface area contributed by atoms with Crippen molar-refractivity contribution in [1.82, 2.24) is 0 Å². The number of anilines is 2. The summed E-state index contributed by atoms with van der Waals surface area (Å²) in [6.45, 7) is 6.79. The maximum atomic E-state index is 13.6. The second kappa shape index (κ2) is 11.6. The number of ether oxygens (including phenoxy) is 2. The number of carbonyl (C=O) groups excluding carboxylic acids is 1. The molecule has 2 fully saturated rings. The van der Waals surface area contributed by atoms with Gasteiger partial charge in [0.25, 0.3) is 5.91 Å². The minimum atomic E-state index is -4.75. The van der Waals surface area contributed by atoms with Crippen molar-refractivity contribution in [3.05, 3.63) is 58.7 Å². The van der Waals surface area contributed by atoms with Gasteiger partial charge in [-0.2, -0.15) is 18.4 Å². The fourth-order valence-corrected chi connectivity index (χ4v) is 5.63. The zero-order valence-electron chi connectivity index (χ0n) is 22.3. The Kier molecular flexibility index (Phi) is 8.64. The number of carbonyl (C=O) groups is 1. The first kappa shape index (κ1) is 29.0. The molecule has 39 heavy (non-hydrogen) atoms. The quantitative estimate of drug-likeness (QED) is 0.271. The molecule has 2 aromatic carbocycles. The molecule has 0 aromatic heterocycles. The van der Waals surface area contributed by atoms with Gasteiger partial charge in [0.1, 0.15) is 5.54 Å². The molecule has 2 aliphatic heterocycles. The molecular formula is C29H32F3N3O3S. The van der Waals surface area contributed by atoms with Crippen molar-refractivity contribution >= 4 is 34.6 Å². The lowest BCUT2D eigenvalue weighted by molar-refractivity contribution is -0.162. The molecule has 4 rings (SSSR count). The molecule has 1 atom stereocenters. The molecule has 2 aliphatic rings. The van der Waals surface area contributed by atoms with Gasteiger partial charge in [0.15, 0.2) is 11.4 Å². The van der Waals surface area contributed by atoms with Gasteiger partial charge in [-0.25, -0.2) is 0 Å². The molecule has 0 bridgehead atoms. The van der Waals surface area contributed by atoms with E-state index >= 15 is 0 Å². The highest BCUT2D eigenvalue weighted by Gasteiger charge is 2.50. The normalized spacial score (nSPS) is 19.5. The minimum Gasteiger partial charge on any atom is -0.353 e. The molecule has 1 unspecified atom stereocenters. The fourth-order valence-electron chi connectivity index (χ4n) is 5.10. The molecule has 2 aromatic rings. The summed E-state index contributed by atoms with van der Waals surface area (Å²) in [4.78, 5) is 16.3. The molecule has 2 saturated heterocycles. The van der Waals surface area contributed by atoms with Gasteiger partial charge in [-0.3, -0.25) is 9.69 Å². The van der Waals surface area contributed by atoms with Crippen LogP contribution in [0.5, 0.6) is 0 Å². The summed E-state index contributed by atoms with van der Waals surface area (Å²) in [6.07, 6.45) is 0.682. The molecule has 2 heterocycles. The molecular weight excluding hydrogens is 527 g/mol. The second-order valence-electron chi connectivity index (χ2n) is 10.2. The molecule has 208 valence electrons. The predicted molar refractivity (Wildman–Crippen MR) is 146 cm³/mol. The Bertz CT molecular complexity index is 1280. The van der Waals surface area contributed by atoms with Gasteiger partial charge in [0.2, 0.25) is 0 Å². The summed E-state index contributed by atoms with van der Waals surface area (Å²) in [5, 5.41) is 9.22. The van der Waals surface area contributed by atoms with Crippen molar-refractivity contribution in [1.29, 1.82) is 5.26 Å². The average molecular weight is 560 g/mol. The first-order chi connectivity index (χ1) is 18.5. The maximum absolute atomic E-state index is 13.6. The van der Waals surface area contributed by atoms with Gasteiger partial charge in [-0.15, -0.1) is 0 Å². The van der Waals surface area contributed by atoms with E-state index in [0.29, 0.717) is 12.3 Å². The average Bonchev–Trinajstić information content (AvgIpc) is 3.09. The number of alkyl halides is 3.